The number of benzene rings is 1. The number of piperidine rings is 1. The largest absolute Gasteiger partial charge is 0.350 e. The van der Waals surface area contributed by atoms with E-state index in [4.69, 9.17) is 0 Å². The Labute approximate surface area is 167 Å². The zero-order valence-electron chi connectivity index (χ0n) is 15.6. The molecule has 0 bridgehead atoms. The van der Waals surface area contributed by atoms with E-state index in [-0.39, 0.29) is 0 Å². The fraction of sp³-hybridized carbons (Fsp3) is 0.300. The first kappa shape index (κ1) is 17.1. The van der Waals surface area contributed by atoms with E-state index >= 15 is 0 Å². The summed E-state index contributed by atoms with van der Waals surface area (Å²) in [6.45, 7) is 3.88. The van der Waals surface area contributed by atoms with E-state index in [9.17, 15) is 0 Å². The number of pyridine rings is 1. The van der Waals surface area contributed by atoms with Crippen molar-refractivity contribution in [2.45, 2.75) is 25.8 Å². The number of nitrogens with one attached hydrogen (secondary N) is 1. The summed E-state index contributed by atoms with van der Waals surface area (Å²) in [5, 5.41) is 9.16. The van der Waals surface area contributed by atoms with E-state index in [1.54, 1.807) is 0 Å². The van der Waals surface area contributed by atoms with Gasteiger partial charge in [-0.2, -0.15) is 9.36 Å². The van der Waals surface area contributed by atoms with Gasteiger partial charge in [-0.05, 0) is 37.5 Å². The molecule has 1 aliphatic heterocycles. The van der Waals surface area contributed by atoms with E-state index in [1.165, 1.54) is 17.1 Å². The topological polar surface area (TPSA) is 71.2 Å². The van der Waals surface area contributed by atoms with Gasteiger partial charge in [0.25, 0.3) is 0 Å². The van der Waals surface area contributed by atoms with Crippen molar-refractivity contribution in [1.29, 1.82) is 0 Å². The van der Waals surface area contributed by atoms with Gasteiger partial charge < -0.3 is 10.2 Å². The number of hydrogen-bond donors (Lipinski definition) is 1. The van der Waals surface area contributed by atoms with E-state index in [0.29, 0.717) is 12.0 Å². The van der Waals surface area contributed by atoms with Gasteiger partial charge in [0.15, 0.2) is 5.65 Å². The first-order valence-electron chi connectivity index (χ1n) is 9.48. The molecule has 0 spiro atoms. The van der Waals surface area contributed by atoms with Crippen molar-refractivity contribution in [2.24, 2.45) is 0 Å². The molecule has 1 saturated heterocycles. The molecule has 5 rings (SSSR count). The third kappa shape index (κ3) is 3.43. The lowest BCUT2D eigenvalue weighted by Crippen LogP contribution is -2.39. The zero-order valence-corrected chi connectivity index (χ0v) is 16.4. The van der Waals surface area contributed by atoms with Crippen molar-refractivity contribution in [3.63, 3.8) is 0 Å². The minimum absolute atomic E-state index is 0.372. The molecule has 0 amide bonds. The predicted octanol–water partition coefficient (Wildman–Crippen LogP) is 3.64. The van der Waals surface area contributed by atoms with Gasteiger partial charge in [-0.1, -0.05) is 30.3 Å². The Bertz CT molecular complexity index is 1080. The third-order valence-electron chi connectivity index (χ3n) is 5.05. The van der Waals surface area contributed by atoms with Crippen molar-refractivity contribution in [1.82, 2.24) is 24.0 Å². The fourth-order valence-electron chi connectivity index (χ4n) is 3.56. The number of fused-ring (bicyclic) bond motifs is 1. The zero-order chi connectivity index (χ0) is 18.9. The van der Waals surface area contributed by atoms with Crippen LogP contribution in [0.15, 0.2) is 48.7 Å². The van der Waals surface area contributed by atoms with Gasteiger partial charge in [0.05, 0.1) is 0 Å². The summed E-state index contributed by atoms with van der Waals surface area (Å²) in [4.78, 5) is 11.4. The van der Waals surface area contributed by atoms with Crippen molar-refractivity contribution >= 4 is 28.3 Å². The summed E-state index contributed by atoms with van der Waals surface area (Å²) in [6.07, 6.45) is 4.09. The molecule has 1 aliphatic rings. The van der Waals surface area contributed by atoms with E-state index in [0.717, 1.165) is 48.1 Å². The van der Waals surface area contributed by atoms with Crippen molar-refractivity contribution < 1.29 is 0 Å². The summed E-state index contributed by atoms with van der Waals surface area (Å²) < 4.78 is 6.13. The molecule has 0 aliphatic carbocycles. The first-order valence-corrected chi connectivity index (χ1v) is 10.3. The molecule has 142 valence electrons. The van der Waals surface area contributed by atoms with Crippen LogP contribution in [0.25, 0.3) is 16.8 Å². The van der Waals surface area contributed by atoms with Crippen LogP contribution in [0, 0.1) is 6.92 Å². The molecular weight excluding hydrogens is 370 g/mol. The van der Waals surface area contributed by atoms with Crippen LogP contribution in [0.1, 0.15) is 18.7 Å². The lowest BCUT2D eigenvalue weighted by molar-refractivity contribution is 0.523. The molecular formula is C20H21N7S. The fourth-order valence-corrected chi connectivity index (χ4v) is 4.28. The molecule has 1 fully saturated rings. The van der Waals surface area contributed by atoms with Crippen LogP contribution in [-0.2, 0) is 0 Å². The number of aromatic nitrogens is 5. The van der Waals surface area contributed by atoms with Crippen LogP contribution in [0.3, 0.4) is 0 Å². The maximum atomic E-state index is 4.63. The number of rotatable bonds is 4. The summed E-state index contributed by atoms with van der Waals surface area (Å²) >= 11 is 1.48. The van der Waals surface area contributed by atoms with E-state index in [1.807, 2.05) is 41.9 Å². The number of hydrogen-bond acceptors (Lipinski definition) is 7. The molecule has 8 heteroatoms. The minimum Gasteiger partial charge on any atom is -0.350 e. The molecule has 0 saturated carbocycles. The highest BCUT2D eigenvalue weighted by Crippen LogP contribution is 2.24. The summed E-state index contributed by atoms with van der Waals surface area (Å²) in [7, 11) is 0. The molecule has 4 aromatic rings. The number of anilines is 2. The average Bonchev–Trinajstić information content (AvgIpc) is 3.34. The molecule has 4 heterocycles. The lowest BCUT2D eigenvalue weighted by Gasteiger charge is -2.31. The molecule has 1 aromatic carbocycles. The molecule has 0 atom stereocenters. The molecule has 3 aromatic heterocycles. The maximum absolute atomic E-state index is 4.63. The molecule has 0 radical (unpaired) electrons. The van der Waals surface area contributed by atoms with Gasteiger partial charge in [-0.15, -0.1) is 5.10 Å². The van der Waals surface area contributed by atoms with Gasteiger partial charge in [0.1, 0.15) is 5.82 Å². The number of aryl methyl sites for hydroxylation is 1. The molecule has 0 unspecified atom stereocenters. The van der Waals surface area contributed by atoms with Crippen LogP contribution >= 0.6 is 11.5 Å². The highest BCUT2D eigenvalue weighted by molar-refractivity contribution is 7.09. The predicted molar refractivity (Wildman–Crippen MR) is 112 cm³/mol. The maximum Gasteiger partial charge on any atom is 0.243 e. The second-order valence-electron chi connectivity index (χ2n) is 7.05. The molecule has 1 N–H and O–H groups in total. The average molecular weight is 392 g/mol. The first-order chi connectivity index (χ1) is 13.7. The normalized spacial score (nSPS) is 15.2. The standard InChI is InChI=1S/C20H21N7S/c1-14-21-20(28-25-14)26-11-9-17(10-12-26)22-19-23-18-8-7-16(13-27(18)24-19)15-5-3-2-4-6-15/h2-8,13,17H,9-12H2,1H3,(H,22,24). The van der Waals surface area contributed by atoms with Crippen molar-refractivity contribution in [2.75, 3.05) is 23.3 Å². The SMILES string of the molecule is Cc1nsc(N2CCC(Nc3nc4ccc(-c5ccccc5)cn4n3)CC2)n1. The van der Waals surface area contributed by atoms with Crippen molar-refractivity contribution in [3.8, 4) is 11.1 Å². The van der Waals surface area contributed by atoms with Crippen LogP contribution in [-0.4, -0.2) is 43.1 Å². The van der Waals surface area contributed by atoms with E-state index < -0.39 is 0 Å². The Hall–Kier alpha value is -3.00. The van der Waals surface area contributed by atoms with Crippen LogP contribution in [0.5, 0.6) is 0 Å². The smallest absolute Gasteiger partial charge is 0.243 e. The summed E-state index contributed by atoms with van der Waals surface area (Å²) in [6, 6.07) is 14.8. The van der Waals surface area contributed by atoms with Crippen LogP contribution in [0.4, 0.5) is 11.1 Å². The van der Waals surface area contributed by atoms with Crippen molar-refractivity contribution in [3.05, 3.63) is 54.5 Å². The van der Waals surface area contributed by atoms with Gasteiger partial charge >= 0.3 is 0 Å². The Balaban J connectivity index is 1.27. The minimum atomic E-state index is 0.372. The Morgan fingerprint density at radius 1 is 1.00 bits per heavy atom. The molecule has 28 heavy (non-hydrogen) atoms. The second kappa shape index (κ2) is 7.20. The molecule has 7 nitrogen and oxygen atoms in total. The Kier molecular flexibility index (Phi) is 4.40. The Morgan fingerprint density at radius 2 is 1.82 bits per heavy atom. The summed E-state index contributed by atoms with van der Waals surface area (Å²) in [5.41, 5.74) is 3.16. The quantitative estimate of drug-likeness (QED) is 0.573. The highest BCUT2D eigenvalue weighted by atomic mass is 32.1. The second-order valence-corrected chi connectivity index (χ2v) is 7.78. The van der Waals surface area contributed by atoms with Gasteiger partial charge in [-0.3, -0.25) is 0 Å². The van der Waals surface area contributed by atoms with E-state index in [2.05, 4.69) is 47.9 Å². The van der Waals surface area contributed by atoms with Crippen LogP contribution in [0.2, 0.25) is 0 Å². The highest BCUT2D eigenvalue weighted by Gasteiger charge is 2.22. The monoisotopic (exact) mass is 391 g/mol. The van der Waals surface area contributed by atoms with Gasteiger partial charge in [0.2, 0.25) is 11.1 Å². The number of nitrogens with zero attached hydrogens (tertiary/aromatic N) is 6. The third-order valence-corrected chi connectivity index (χ3v) is 5.92. The lowest BCUT2D eigenvalue weighted by atomic mass is 10.1. The van der Waals surface area contributed by atoms with Gasteiger partial charge in [0, 0.05) is 42.4 Å². The van der Waals surface area contributed by atoms with Crippen LogP contribution < -0.4 is 10.2 Å². The van der Waals surface area contributed by atoms with Gasteiger partial charge in [-0.25, -0.2) is 9.50 Å². The summed E-state index contributed by atoms with van der Waals surface area (Å²) in [5.74, 6) is 1.54. The Morgan fingerprint density at radius 3 is 2.57 bits per heavy atom.